The van der Waals surface area contributed by atoms with Gasteiger partial charge >= 0.3 is 6.18 Å². The predicted molar refractivity (Wildman–Crippen MR) is 120 cm³/mol. The van der Waals surface area contributed by atoms with E-state index in [1.807, 2.05) is 0 Å². The number of alkyl halides is 3. The Morgan fingerprint density at radius 3 is 1.84 bits per heavy atom. The number of nitrogens with zero attached hydrogens (tertiary/aromatic N) is 1. The van der Waals surface area contributed by atoms with Gasteiger partial charge < -0.3 is 5.32 Å². The van der Waals surface area contributed by atoms with Crippen molar-refractivity contribution in [3.05, 3.63) is 99.1 Å². The second kappa shape index (κ2) is 9.58. The average molecular weight is 538 g/mol. The number of imide groups is 1. The van der Waals surface area contributed by atoms with Crippen molar-refractivity contribution in [3.8, 4) is 0 Å². The lowest BCUT2D eigenvalue weighted by molar-refractivity contribution is -0.143. The van der Waals surface area contributed by atoms with Gasteiger partial charge in [-0.3, -0.25) is 19.3 Å². The van der Waals surface area contributed by atoms with Gasteiger partial charge in [0.1, 0.15) is 17.3 Å². The Bertz CT molecular complexity index is 1440. The highest BCUT2D eigenvalue weighted by atomic mass is 19.4. The Kier molecular flexibility index (Phi) is 6.77. The first-order valence-corrected chi connectivity index (χ1v) is 11.0. The van der Waals surface area contributed by atoms with Gasteiger partial charge in [-0.2, -0.15) is 13.2 Å². The fourth-order valence-electron chi connectivity index (χ4n) is 4.14. The minimum atomic E-state index is -5.77. The molecule has 0 bridgehead atoms. The number of benzene rings is 3. The molecule has 5 nitrogen and oxygen atoms in total. The molecule has 198 valence electrons. The summed E-state index contributed by atoms with van der Waals surface area (Å²) in [5.41, 5.74) is -2.70. The van der Waals surface area contributed by atoms with Crippen LogP contribution >= 0.6 is 0 Å². The minimum Gasteiger partial charge on any atom is -0.319 e. The van der Waals surface area contributed by atoms with Gasteiger partial charge in [0.2, 0.25) is 5.91 Å². The van der Waals surface area contributed by atoms with E-state index in [2.05, 4.69) is 0 Å². The molecule has 0 spiro atoms. The first-order chi connectivity index (χ1) is 17.7. The van der Waals surface area contributed by atoms with E-state index < -0.39 is 64.5 Å². The molecule has 1 unspecified atom stereocenters. The molecule has 0 saturated carbocycles. The monoisotopic (exact) mass is 538 g/mol. The van der Waals surface area contributed by atoms with Gasteiger partial charge in [0.15, 0.2) is 23.3 Å². The Hall–Kier alpha value is -4.22. The smallest absolute Gasteiger partial charge is 0.319 e. The average Bonchev–Trinajstić information content (AvgIpc) is 3.10. The van der Waals surface area contributed by atoms with Crippen molar-refractivity contribution in [2.75, 3.05) is 5.32 Å². The van der Waals surface area contributed by atoms with Crippen LogP contribution in [0.1, 0.15) is 43.0 Å². The van der Waals surface area contributed by atoms with Gasteiger partial charge in [0.25, 0.3) is 11.8 Å². The van der Waals surface area contributed by atoms with Gasteiger partial charge in [-0.15, -0.1) is 0 Å². The zero-order chi connectivity index (χ0) is 28.1. The van der Waals surface area contributed by atoms with Gasteiger partial charge in [-0.1, -0.05) is 30.3 Å². The van der Waals surface area contributed by atoms with Crippen molar-refractivity contribution in [1.29, 1.82) is 0 Å². The molecular weight excluding hydrogens is 521 g/mol. The Labute approximate surface area is 210 Å². The zero-order valence-electron chi connectivity index (χ0n) is 19.6. The van der Waals surface area contributed by atoms with Crippen molar-refractivity contribution >= 4 is 23.4 Å². The predicted octanol–water partition coefficient (Wildman–Crippen LogP) is 5.72. The maximum Gasteiger partial charge on any atom is 0.422 e. The maximum absolute atomic E-state index is 14.5. The number of carbonyl (C=O) groups excluding carboxylic acids is 3. The summed E-state index contributed by atoms with van der Waals surface area (Å²) in [5, 5.41) is 1.55. The van der Waals surface area contributed by atoms with E-state index in [0.717, 1.165) is 11.1 Å². The number of fused-ring (bicyclic) bond motifs is 1. The summed E-state index contributed by atoms with van der Waals surface area (Å²) in [6.07, 6.45) is -6.16. The highest BCUT2D eigenvalue weighted by molar-refractivity contribution is 6.23. The third-order valence-corrected chi connectivity index (χ3v) is 6.24. The topological polar surface area (TPSA) is 66.5 Å². The maximum atomic E-state index is 14.5. The van der Waals surface area contributed by atoms with Crippen molar-refractivity contribution in [1.82, 2.24) is 4.90 Å². The van der Waals surface area contributed by atoms with Gasteiger partial charge in [0.05, 0.1) is 11.1 Å². The number of hydrogen-bond donors (Lipinski definition) is 1. The minimum absolute atomic E-state index is 0.0561. The fourth-order valence-corrected chi connectivity index (χ4v) is 4.14. The Morgan fingerprint density at radius 1 is 0.842 bits per heavy atom. The van der Waals surface area contributed by atoms with Crippen molar-refractivity contribution < 1.29 is 45.1 Å². The van der Waals surface area contributed by atoms with E-state index in [-0.39, 0.29) is 17.5 Å². The molecule has 1 aliphatic heterocycles. The van der Waals surface area contributed by atoms with Crippen LogP contribution in [0.3, 0.4) is 0 Å². The SMILES string of the molecule is Cc1ccc(CC(C(=O)Nc2c(F)c(F)c(C(F)(F)F)c(F)c2F)N2C(=O)c3ccccc3C2=O)cc1C. The van der Waals surface area contributed by atoms with Crippen LogP contribution in [-0.2, 0) is 17.4 Å². The summed E-state index contributed by atoms with van der Waals surface area (Å²) < 4.78 is 96.0. The molecule has 38 heavy (non-hydrogen) atoms. The molecule has 0 saturated heterocycles. The second-order valence-electron chi connectivity index (χ2n) is 8.66. The Morgan fingerprint density at radius 2 is 1.37 bits per heavy atom. The fraction of sp³-hybridized carbons (Fsp3) is 0.192. The van der Waals surface area contributed by atoms with E-state index in [1.165, 1.54) is 24.3 Å². The molecule has 3 aromatic carbocycles. The van der Waals surface area contributed by atoms with E-state index in [9.17, 15) is 45.1 Å². The number of nitrogens with one attached hydrogen (secondary N) is 1. The van der Waals surface area contributed by atoms with Crippen LogP contribution in [-0.4, -0.2) is 28.7 Å². The third-order valence-electron chi connectivity index (χ3n) is 6.24. The molecule has 0 aliphatic carbocycles. The Balaban J connectivity index is 1.78. The molecule has 1 N–H and O–H groups in total. The first-order valence-electron chi connectivity index (χ1n) is 11.0. The van der Waals surface area contributed by atoms with E-state index >= 15 is 0 Å². The molecule has 1 atom stereocenters. The molecule has 0 radical (unpaired) electrons. The van der Waals surface area contributed by atoms with Crippen LogP contribution in [0.5, 0.6) is 0 Å². The molecule has 1 heterocycles. The summed E-state index contributed by atoms with van der Waals surface area (Å²) >= 11 is 0. The summed E-state index contributed by atoms with van der Waals surface area (Å²) in [6.45, 7) is 3.54. The zero-order valence-corrected chi connectivity index (χ0v) is 19.6. The summed E-state index contributed by atoms with van der Waals surface area (Å²) in [6, 6.07) is 8.65. The van der Waals surface area contributed by atoms with Gasteiger partial charge in [0, 0.05) is 6.42 Å². The van der Waals surface area contributed by atoms with Crippen LogP contribution < -0.4 is 5.32 Å². The van der Waals surface area contributed by atoms with Crippen LogP contribution in [0, 0.1) is 37.1 Å². The van der Waals surface area contributed by atoms with E-state index in [0.29, 0.717) is 10.5 Å². The lowest BCUT2D eigenvalue weighted by Crippen LogP contribution is -2.48. The van der Waals surface area contributed by atoms with E-state index in [4.69, 9.17) is 0 Å². The van der Waals surface area contributed by atoms with Crippen LogP contribution in [0.2, 0.25) is 0 Å². The largest absolute Gasteiger partial charge is 0.422 e. The number of amides is 3. The normalized spacial score (nSPS) is 14.1. The van der Waals surface area contributed by atoms with Crippen molar-refractivity contribution in [3.63, 3.8) is 0 Å². The van der Waals surface area contributed by atoms with Crippen molar-refractivity contribution in [2.45, 2.75) is 32.5 Å². The quantitative estimate of drug-likeness (QED) is 0.257. The molecule has 1 aliphatic rings. The molecule has 0 fully saturated rings. The summed E-state index contributed by atoms with van der Waals surface area (Å²) in [4.78, 5) is 39.9. The molecule has 3 aromatic rings. The van der Waals surface area contributed by atoms with Crippen molar-refractivity contribution in [2.24, 2.45) is 0 Å². The first kappa shape index (κ1) is 26.8. The molecule has 4 rings (SSSR count). The van der Waals surface area contributed by atoms with Crippen LogP contribution in [0.25, 0.3) is 0 Å². The highest BCUT2D eigenvalue weighted by Gasteiger charge is 2.45. The summed E-state index contributed by atoms with van der Waals surface area (Å²) in [5.74, 6) is -13.8. The standard InChI is InChI=1S/C26H17F7N2O3/c1-11-7-8-13(9-12(11)2)10-16(35-24(37)14-5-3-4-6-15(14)25(35)38)23(36)34-22-20(29)18(27)17(26(31,32)33)19(28)21(22)30/h3-9,16H,10H2,1-2H3,(H,34,36). The highest BCUT2D eigenvalue weighted by Crippen LogP contribution is 2.38. The molecule has 0 aromatic heterocycles. The van der Waals surface area contributed by atoms with Crippen LogP contribution in [0.4, 0.5) is 36.4 Å². The molecular formula is C26H17F7N2O3. The van der Waals surface area contributed by atoms with E-state index in [1.54, 1.807) is 37.4 Å². The number of aryl methyl sites for hydroxylation is 2. The van der Waals surface area contributed by atoms with Crippen LogP contribution in [0.15, 0.2) is 42.5 Å². The molecule has 12 heteroatoms. The van der Waals surface area contributed by atoms with Gasteiger partial charge in [-0.05, 0) is 42.7 Å². The number of halogens is 7. The van der Waals surface area contributed by atoms with Gasteiger partial charge in [-0.25, -0.2) is 17.6 Å². The number of rotatable bonds is 5. The lowest BCUT2D eigenvalue weighted by atomic mass is 9.99. The summed E-state index contributed by atoms with van der Waals surface area (Å²) in [7, 11) is 0. The third kappa shape index (κ3) is 4.50. The lowest BCUT2D eigenvalue weighted by Gasteiger charge is -2.26. The second-order valence-corrected chi connectivity index (χ2v) is 8.66. The molecule has 3 amide bonds. The number of hydrogen-bond acceptors (Lipinski definition) is 3. The number of anilines is 1. The number of carbonyl (C=O) groups is 3.